The molecule has 0 amide bonds. The van der Waals surface area contributed by atoms with E-state index in [2.05, 4.69) is 11.7 Å². The summed E-state index contributed by atoms with van der Waals surface area (Å²) in [5.41, 5.74) is -7.71. The second-order valence-corrected chi connectivity index (χ2v) is 9.25. The lowest BCUT2D eigenvalue weighted by Gasteiger charge is -2.30. The largest absolute Gasteiger partial charge is 0.527 e. The Hall–Kier alpha value is -2.30. The van der Waals surface area contributed by atoms with Crippen LogP contribution >= 0.6 is 0 Å². The van der Waals surface area contributed by atoms with Crippen molar-refractivity contribution in [2.75, 3.05) is 0 Å². The minimum atomic E-state index is -5.95. The Bertz CT molecular complexity index is 1040. The summed E-state index contributed by atoms with van der Waals surface area (Å²) in [5.74, 6) is -6.90. The van der Waals surface area contributed by atoms with Crippen molar-refractivity contribution in [1.82, 2.24) is 0 Å². The lowest BCUT2D eigenvalue weighted by atomic mass is 9.76. The van der Waals surface area contributed by atoms with Crippen LogP contribution < -0.4 is 0 Å². The van der Waals surface area contributed by atoms with Crippen LogP contribution in [0.5, 0.6) is 0 Å². The molecule has 0 aromatic heterocycles. The van der Waals surface area contributed by atoms with Crippen molar-refractivity contribution in [3.8, 4) is 0 Å². The number of benzene rings is 2. The maximum Gasteiger partial charge on any atom is 0.527 e. The molecule has 3 rings (SSSR count). The minimum absolute atomic E-state index is 0.0478. The van der Waals surface area contributed by atoms with Crippen LogP contribution in [0.4, 0.5) is 43.9 Å². The number of halogens is 10. The van der Waals surface area contributed by atoms with E-state index in [0.717, 1.165) is 37.8 Å². The molecular formula is C25H24F10O. The lowest BCUT2D eigenvalue weighted by molar-refractivity contribution is -0.432. The van der Waals surface area contributed by atoms with E-state index < -0.39 is 58.1 Å². The third kappa shape index (κ3) is 5.98. The maximum atomic E-state index is 15.6. The van der Waals surface area contributed by atoms with Gasteiger partial charge in [-0.1, -0.05) is 19.8 Å². The van der Waals surface area contributed by atoms with Crippen LogP contribution in [0.2, 0.25) is 0 Å². The molecule has 1 atom stereocenters. The highest BCUT2D eigenvalue weighted by molar-refractivity contribution is 5.42. The molecule has 0 N–H and O–H groups in total. The fraction of sp³-hybridized carbons (Fsp3) is 0.520. The van der Waals surface area contributed by atoms with Gasteiger partial charge in [0.15, 0.2) is 5.67 Å². The summed E-state index contributed by atoms with van der Waals surface area (Å²) in [4.78, 5) is 0. The minimum Gasteiger partial charge on any atom is -0.233 e. The van der Waals surface area contributed by atoms with Gasteiger partial charge in [0.2, 0.25) is 0 Å². The topological polar surface area (TPSA) is 9.23 Å². The van der Waals surface area contributed by atoms with Crippen LogP contribution in [-0.4, -0.2) is 6.36 Å². The Kier molecular flexibility index (Phi) is 8.03. The van der Waals surface area contributed by atoms with Crippen molar-refractivity contribution in [3.05, 3.63) is 69.8 Å². The molecule has 1 aliphatic rings. The van der Waals surface area contributed by atoms with E-state index in [4.69, 9.17) is 0 Å². The molecule has 1 aliphatic carbocycles. The quantitative estimate of drug-likeness (QED) is 0.325. The van der Waals surface area contributed by atoms with Crippen LogP contribution in [0.1, 0.15) is 80.5 Å². The van der Waals surface area contributed by atoms with Crippen LogP contribution in [0.3, 0.4) is 0 Å². The second kappa shape index (κ2) is 10.2. The zero-order valence-electron chi connectivity index (χ0n) is 19.4. The monoisotopic (exact) mass is 530 g/mol. The van der Waals surface area contributed by atoms with E-state index in [9.17, 15) is 39.5 Å². The first kappa shape index (κ1) is 28.3. The van der Waals surface area contributed by atoms with Gasteiger partial charge in [-0.15, -0.1) is 13.2 Å². The summed E-state index contributed by atoms with van der Waals surface area (Å²) in [6, 6.07) is 1.78. The van der Waals surface area contributed by atoms with Crippen molar-refractivity contribution < 1.29 is 48.6 Å². The average Bonchev–Trinajstić information content (AvgIpc) is 2.71. The van der Waals surface area contributed by atoms with Crippen molar-refractivity contribution in [2.45, 2.75) is 76.4 Å². The van der Waals surface area contributed by atoms with Gasteiger partial charge in [0, 0.05) is 0 Å². The first-order chi connectivity index (χ1) is 16.6. The molecule has 1 nitrogen and oxygen atoms in total. The van der Waals surface area contributed by atoms with Gasteiger partial charge in [-0.05, 0) is 79.8 Å². The molecule has 200 valence electrons. The Morgan fingerprint density at radius 2 is 1.22 bits per heavy atom. The smallest absolute Gasteiger partial charge is 0.233 e. The van der Waals surface area contributed by atoms with Gasteiger partial charge in [0.25, 0.3) is 0 Å². The molecule has 0 heterocycles. The molecule has 2 aromatic carbocycles. The van der Waals surface area contributed by atoms with E-state index in [1.54, 1.807) is 0 Å². The third-order valence-electron chi connectivity index (χ3n) is 6.67. The summed E-state index contributed by atoms with van der Waals surface area (Å²) in [6.45, 7) is 2.62. The summed E-state index contributed by atoms with van der Waals surface area (Å²) < 4.78 is 141. The first-order valence-electron chi connectivity index (χ1n) is 11.4. The molecule has 0 bridgehead atoms. The van der Waals surface area contributed by atoms with Gasteiger partial charge in [0.05, 0.1) is 5.56 Å². The highest BCUT2D eigenvalue weighted by atomic mass is 19.4. The van der Waals surface area contributed by atoms with Gasteiger partial charge >= 0.3 is 12.5 Å². The van der Waals surface area contributed by atoms with Crippen molar-refractivity contribution in [1.29, 1.82) is 0 Å². The normalized spacial score (nSPS) is 20.9. The molecule has 0 saturated heterocycles. The predicted molar refractivity (Wildman–Crippen MR) is 111 cm³/mol. The molecule has 2 aromatic rings. The fourth-order valence-corrected chi connectivity index (χ4v) is 4.93. The van der Waals surface area contributed by atoms with Crippen LogP contribution in [0, 0.1) is 29.2 Å². The Morgan fingerprint density at radius 1 is 0.750 bits per heavy atom. The van der Waals surface area contributed by atoms with Gasteiger partial charge in [-0.2, -0.15) is 8.78 Å². The van der Waals surface area contributed by atoms with Gasteiger partial charge in [-0.25, -0.2) is 26.7 Å². The number of alkyl halides is 6. The molecule has 1 saturated carbocycles. The number of ether oxygens (including phenoxy) is 1. The Morgan fingerprint density at radius 3 is 1.67 bits per heavy atom. The molecule has 0 spiro atoms. The van der Waals surface area contributed by atoms with Crippen molar-refractivity contribution in [2.24, 2.45) is 5.92 Å². The maximum absolute atomic E-state index is 15.6. The molecule has 0 radical (unpaired) electrons. The first-order valence-corrected chi connectivity index (χ1v) is 11.4. The average molecular weight is 530 g/mol. The summed E-state index contributed by atoms with van der Waals surface area (Å²) in [7, 11) is 0. The van der Waals surface area contributed by atoms with Crippen LogP contribution in [0.15, 0.2) is 24.3 Å². The fourth-order valence-electron chi connectivity index (χ4n) is 4.93. The van der Waals surface area contributed by atoms with E-state index in [1.807, 2.05) is 0 Å². The Balaban J connectivity index is 1.94. The molecule has 1 fully saturated rings. The summed E-state index contributed by atoms with van der Waals surface area (Å²) >= 11 is 0. The summed E-state index contributed by atoms with van der Waals surface area (Å²) in [5, 5.41) is 0. The van der Waals surface area contributed by atoms with Gasteiger partial charge < -0.3 is 0 Å². The SMILES string of the molecule is CCCC1CCC(c2cc(F)c(C(C)(F)c3cc(F)c(C(F)(F)OC(F)(F)F)c(F)c3)c(F)c2)CC1. The van der Waals surface area contributed by atoms with E-state index in [0.29, 0.717) is 31.2 Å². The Labute approximate surface area is 201 Å². The van der Waals surface area contributed by atoms with Gasteiger partial charge in [0.1, 0.15) is 28.8 Å². The number of hydrogen-bond acceptors (Lipinski definition) is 1. The number of hydrogen-bond donors (Lipinski definition) is 0. The third-order valence-corrected chi connectivity index (χ3v) is 6.67. The second-order valence-electron chi connectivity index (χ2n) is 9.25. The molecular weight excluding hydrogens is 506 g/mol. The standard InChI is InChI=1S/C25H24F10O/c1-3-4-13-5-7-14(8-6-13)15-9-17(26)21(18(27)10-15)23(2,30)16-11-19(28)22(20(29)12-16)24(31,32)36-25(33,34)35/h9-14H,3-8H2,1-2H3. The predicted octanol–water partition coefficient (Wildman–Crippen LogP) is 9.14. The molecule has 1 unspecified atom stereocenters. The lowest BCUT2D eigenvalue weighted by Crippen LogP contribution is -2.30. The molecule has 11 heteroatoms. The highest BCUT2D eigenvalue weighted by Gasteiger charge is 2.50. The van der Waals surface area contributed by atoms with Crippen molar-refractivity contribution >= 4 is 0 Å². The van der Waals surface area contributed by atoms with Crippen molar-refractivity contribution in [3.63, 3.8) is 0 Å². The highest BCUT2D eigenvalue weighted by Crippen LogP contribution is 2.44. The number of rotatable bonds is 7. The van der Waals surface area contributed by atoms with Gasteiger partial charge in [-0.3, -0.25) is 0 Å². The van der Waals surface area contributed by atoms with E-state index in [-0.39, 0.29) is 18.1 Å². The van der Waals surface area contributed by atoms with Crippen LogP contribution in [-0.2, 0) is 16.5 Å². The van der Waals surface area contributed by atoms with E-state index >= 15 is 4.39 Å². The van der Waals surface area contributed by atoms with Crippen LogP contribution in [0.25, 0.3) is 0 Å². The molecule has 0 aliphatic heterocycles. The zero-order valence-corrected chi connectivity index (χ0v) is 19.4. The van der Waals surface area contributed by atoms with E-state index in [1.165, 1.54) is 0 Å². The summed E-state index contributed by atoms with van der Waals surface area (Å²) in [6.07, 6.45) is -6.24. The zero-order chi connectivity index (χ0) is 27.1. The molecule has 36 heavy (non-hydrogen) atoms.